The molecule has 0 saturated heterocycles. The highest BCUT2D eigenvalue weighted by Crippen LogP contribution is 2.24. The molecular weight excluding hydrogens is 190 g/mol. The van der Waals surface area contributed by atoms with Crippen molar-refractivity contribution >= 4 is 23.4 Å². The fourth-order valence-electron chi connectivity index (χ4n) is 0.821. The lowest BCUT2D eigenvalue weighted by atomic mass is 10.4. The summed E-state index contributed by atoms with van der Waals surface area (Å²) in [5.41, 5.74) is 5.50. The third kappa shape index (κ3) is 3.05. The summed E-state index contributed by atoms with van der Waals surface area (Å²) in [5, 5.41) is 1.23. The van der Waals surface area contributed by atoms with Gasteiger partial charge in [0.15, 0.2) is 0 Å². The van der Waals surface area contributed by atoms with Crippen molar-refractivity contribution in [1.82, 2.24) is 0 Å². The molecule has 0 aliphatic carbocycles. The van der Waals surface area contributed by atoms with E-state index in [1.165, 1.54) is 4.90 Å². The van der Waals surface area contributed by atoms with E-state index < -0.39 is 0 Å². The second-order valence-electron chi connectivity index (χ2n) is 2.62. The molecule has 1 aromatic carbocycles. The van der Waals surface area contributed by atoms with Crippen LogP contribution >= 0.6 is 23.4 Å². The Morgan fingerprint density at radius 3 is 2.92 bits per heavy atom. The van der Waals surface area contributed by atoms with Gasteiger partial charge in [-0.15, -0.1) is 11.8 Å². The van der Waals surface area contributed by atoms with Crippen molar-refractivity contribution in [3.8, 4) is 0 Å². The highest BCUT2D eigenvalue weighted by Gasteiger charge is 2.01. The van der Waals surface area contributed by atoms with Gasteiger partial charge in [-0.25, -0.2) is 0 Å². The molecule has 66 valence electrons. The fraction of sp³-hybridized carbons (Fsp3) is 0.333. The van der Waals surface area contributed by atoms with E-state index in [0.717, 1.165) is 5.02 Å². The van der Waals surface area contributed by atoms with Crippen molar-refractivity contribution < 1.29 is 0 Å². The first-order valence-corrected chi connectivity index (χ1v) is 5.10. The minimum atomic E-state index is 0.448. The molecule has 3 heteroatoms. The number of nitrogens with two attached hydrogens (primary N) is 1. The highest BCUT2D eigenvalue weighted by atomic mass is 35.5. The van der Waals surface area contributed by atoms with Gasteiger partial charge in [0, 0.05) is 21.7 Å². The summed E-state index contributed by atoms with van der Waals surface area (Å²) in [5.74, 6) is 0. The van der Waals surface area contributed by atoms with E-state index in [2.05, 4.69) is 6.92 Å². The van der Waals surface area contributed by atoms with Gasteiger partial charge in [-0.05, 0) is 18.2 Å². The van der Waals surface area contributed by atoms with Crippen LogP contribution in [-0.2, 0) is 0 Å². The van der Waals surface area contributed by atoms with Crippen LogP contribution in [0.1, 0.15) is 6.92 Å². The van der Waals surface area contributed by atoms with Gasteiger partial charge in [0.25, 0.3) is 0 Å². The molecule has 1 unspecified atom stereocenters. The van der Waals surface area contributed by atoms with E-state index in [1.54, 1.807) is 11.8 Å². The van der Waals surface area contributed by atoms with Crippen molar-refractivity contribution in [1.29, 1.82) is 0 Å². The number of thioether (sulfide) groups is 1. The van der Waals surface area contributed by atoms with Gasteiger partial charge in [-0.2, -0.15) is 0 Å². The summed E-state index contributed by atoms with van der Waals surface area (Å²) in [6.07, 6.45) is 0. The van der Waals surface area contributed by atoms with E-state index in [1.807, 2.05) is 24.3 Å². The molecule has 0 aromatic heterocycles. The Labute approximate surface area is 82.3 Å². The monoisotopic (exact) mass is 201 g/mol. The SMILES string of the molecule is CC(CN)Sc1cccc(Cl)c1. The molecule has 12 heavy (non-hydrogen) atoms. The number of halogens is 1. The number of benzene rings is 1. The second kappa shape index (κ2) is 4.75. The van der Waals surface area contributed by atoms with E-state index in [9.17, 15) is 0 Å². The van der Waals surface area contributed by atoms with Crippen molar-refractivity contribution in [3.63, 3.8) is 0 Å². The number of hydrogen-bond acceptors (Lipinski definition) is 2. The van der Waals surface area contributed by atoms with E-state index in [-0.39, 0.29) is 0 Å². The van der Waals surface area contributed by atoms with Gasteiger partial charge in [-0.3, -0.25) is 0 Å². The smallest absolute Gasteiger partial charge is 0.0417 e. The highest BCUT2D eigenvalue weighted by molar-refractivity contribution is 8.00. The molecule has 1 nitrogen and oxygen atoms in total. The lowest BCUT2D eigenvalue weighted by Crippen LogP contribution is -2.12. The van der Waals surface area contributed by atoms with Crippen LogP contribution in [0.5, 0.6) is 0 Å². The quantitative estimate of drug-likeness (QED) is 0.762. The third-order valence-corrected chi connectivity index (χ3v) is 2.82. The minimum Gasteiger partial charge on any atom is -0.329 e. The molecule has 0 spiro atoms. The third-order valence-electron chi connectivity index (χ3n) is 1.47. The Bertz CT molecular complexity index is 252. The Morgan fingerprint density at radius 2 is 2.33 bits per heavy atom. The van der Waals surface area contributed by atoms with Gasteiger partial charge < -0.3 is 5.73 Å². The van der Waals surface area contributed by atoms with Gasteiger partial charge in [0.2, 0.25) is 0 Å². The van der Waals surface area contributed by atoms with E-state index >= 15 is 0 Å². The van der Waals surface area contributed by atoms with Gasteiger partial charge in [0.1, 0.15) is 0 Å². The Hall–Kier alpha value is -0.180. The first-order chi connectivity index (χ1) is 5.72. The minimum absolute atomic E-state index is 0.448. The molecule has 0 aliphatic heterocycles. The predicted molar refractivity (Wildman–Crippen MR) is 55.8 cm³/mol. The van der Waals surface area contributed by atoms with Gasteiger partial charge in [-0.1, -0.05) is 24.6 Å². The predicted octanol–water partition coefficient (Wildman–Crippen LogP) is 2.78. The first kappa shape index (κ1) is 9.90. The molecule has 0 heterocycles. The average molecular weight is 202 g/mol. The molecule has 0 fully saturated rings. The number of hydrogen-bond donors (Lipinski definition) is 1. The standard InChI is InChI=1S/C9H12ClNS/c1-7(6-11)12-9-4-2-3-8(10)5-9/h2-5,7H,6,11H2,1H3. The molecule has 0 saturated carbocycles. The Balaban J connectivity index is 2.63. The van der Waals surface area contributed by atoms with Crippen LogP contribution in [0.15, 0.2) is 29.2 Å². The van der Waals surface area contributed by atoms with Crippen LogP contribution in [0, 0.1) is 0 Å². The zero-order chi connectivity index (χ0) is 8.97. The summed E-state index contributed by atoms with van der Waals surface area (Å²) >= 11 is 7.58. The number of rotatable bonds is 3. The average Bonchev–Trinajstić information content (AvgIpc) is 2.04. The Kier molecular flexibility index (Phi) is 3.92. The van der Waals surface area contributed by atoms with Crippen LogP contribution in [0.25, 0.3) is 0 Å². The van der Waals surface area contributed by atoms with Crippen LogP contribution in [0.3, 0.4) is 0 Å². The zero-order valence-corrected chi connectivity index (χ0v) is 8.53. The second-order valence-corrected chi connectivity index (χ2v) is 4.57. The van der Waals surface area contributed by atoms with Gasteiger partial charge in [0.05, 0.1) is 0 Å². The molecule has 1 atom stereocenters. The molecule has 1 aromatic rings. The summed E-state index contributed by atoms with van der Waals surface area (Å²) in [7, 11) is 0. The molecule has 2 N–H and O–H groups in total. The van der Waals surface area contributed by atoms with Crippen LogP contribution in [-0.4, -0.2) is 11.8 Å². The first-order valence-electron chi connectivity index (χ1n) is 3.84. The van der Waals surface area contributed by atoms with Crippen LogP contribution in [0.2, 0.25) is 5.02 Å². The lowest BCUT2D eigenvalue weighted by Gasteiger charge is -2.07. The molecule has 0 radical (unpaired) electrons. The fourth-order valence-corrected chi connectivity index (χ4v) is 1.99. The van der Waals surface area contributed by atoms with Crippen molar-refractivity contribution in [2.75, 3.05) is 6.54 Å². The molecule has 0 aliphatic rings. The summed E-state index contributed by atoms with van der Waals surface area (Å²) in [4.78, 5) is 1.18. The van der Waals surface area contributed by atoms with Crippen LogP contribution in [0.4, 0.5) is 0 Å². The van der Waals surface area contributed by atoms with E-state index in [0.29, 0.717) is 11.8 Å². The topological polar surface area (TPSA) is 26.0 Å². The van der Waals surface area contributed by atoms with Crippen LogP contribution < -0.4 is 5.73 Å². The maximum Gasteiger partial charge on any atom is 0.0417 e. The lowest BCUT2D eigenvalue weighted by molar-refractivity contribution is 0.951. The molecule has 0 bridgehead atoms. The van der Waals surface area contributed by atoms with E-state index in [4.69, 9.17) is 17.3 Å². The maximum absolute atomic E-state index is 5.83. The zero-order valence-electron chi connectivity index (χ0n) is 6.96. The normalized spacial score (nSPS) is 12.9. The summed E-state index contributed by atoms with van der Waals surface area (Å²) in [6.45, 7) is 2.79. The molecule has 1 rings (SSSR count). The van der Waals surface area contributed by atoms with Crippen molar-refractivity contribution in [3.05, 3.63) is 29.3 Å². The van der Waals surface area contributed by atoms with Gasteiger partial charge >= 0.3 is 0 Å². The summed E-state index contributed by atoms with van der Waals surface area (Å²) in [6, 6.07) is 7.83. The largest absolute Gasteiger partial charge is 0.329 e. The van der Waals surface area contributed by atoms with Crippen molar-refractivity contribution in [2.45, 2.75) is 17.1 Å². The maximum atomic E-state index is 5.83. The van der Waals surface area contributed by atoms with Crippen molar-refractivity contribution in [2.24, 2.45) is 5.73 Å². The summed E-state index contributed by atoms with van der Waals surface area (Å²) < 4.78 is 0. The molecule has 0 amide bonds. The molecular formula is C9H12ClNS. The Morgan fingerprint density at radius 1 is 1.58 bits per heavy atom.